The molecular formula is C9H16F2N4O2. The van der Waals surface area contributed by atoms with E-state index in [2.05, 4.69) is 25.6 Å². The lowest BCUT2D eigenvalue weighted by molar-refractivity contribution is 0.0214. The Labute approximate surface area is 97.7 Å². The first-order valence-corrected chi connectivity index (χ1v) is 5.24. The zero-order valence-electron chi connectivity index (χ0n) is 9.74. The van der Waals surface area contributed by atoms with Crippen LogP contribution in [0.25, 0.3) is 0 Å². The number of hydrogen-bond acceptors (Lipinski definition) is 6. The summed E-state index contributed by atoms with van der Waals surface area (Å²) in [6.07, 6.45) is -2.44. The van der Waals surface area contributed by atoms with E-state index >= 15 is 0 Å². The van der Waals surface area contributed by atoms with Gasteiger partial charge in [0.2, 0.25) is 5.89 Å². The molecule has 0 aliphatic carbocycles. The van der Waals surface area contributed by atoms with E-state index in [-0.39, 0.29) is 18.7 Å². The van der Waals surface area contributed by atoms with E-state index in [1.807, 2.05) is 6.92 Å². The summed E-state index contributed by atoms with van der Waals surface area (Å²) in [5, 5.41) is 13.3. The van der Waals surface area contributed by atoms with Crippen molar-refractivity contribution < 1.29 is 17.9 Å². The summed E-state index contributed by atoms with van der Waals surface area (Å²) in [5.74, 6) is 0.462. The van der Waals surface area contributed by atoms with Crippen LogP contribution in [0.1, 0.15) is 18.9 Å². The quantitative estimate of drug-likeness (QED) is 0.672. The molecule has 0 aromatic carbocycles. The van der Waals surface area contributed by atoms with Crippen LogP contribution in [0.2, 0.25) is 0 Å². The van der Waals surface area contributed by atoms with Gasteiger partial charge in [-0.25, -0.2) is 8.78 Å². The first kappa shape index (κ1) is 13.8. The average Bonchev–Trinajstić information content (AvgIpc) is 2.76. The molecule has 1 atom stereocenters. The molecular weight excluding hydrogens is 234 g/mol. The van der Waals surface area contributed by atoms with Gasteiger partial charge in [-0.2, -0.15) is 0 Å². The molecule has 17 heavy (non-hydrogen) atoms. The van der Waals surface area contributed by atoms with Crippen LogP contribution in [-0.4, -0.2) is 43.4 Å². The fourth-order valence-corrected chi connectivity index (χ4v) is 1.01. The summed E-state index contributed by atoms with van der Waals surface area (Å²) in [7, 11) is 1.78. The fourth-order valence-electron chi connectivity index (χ4n) is 1.01. The van der Waals surface area contributed by atoms with Crippen molar-refractivity contribution in [1.82, 2.24) is 15.5 Å². The Bertz CT molecular complexity index is 322. The normalized spacial score (nSPS) is 13.0. The van der Waals surface area contributed by atoms with Crippen molar-refractivity contribution in [2.45, 2.75) is 19.4 Å². The van der Waals surface area contributed by atoms with E-state index in [0.29, 0.717) is 12.4 Å². The SMILES string of the molecule is CNC(C)c1nnc(NCCOCC(F)F)o1. The predicted molar refractivity (Wildman–Crippen MR) is 57.1 cm³/mol. The minimum Gasteiger partial charge on any atom is -0.406 e. The number of ether oxygens (including phenoxy) is 1. The number of rotatable bonds is 8. The number of aromatic nitrogens is 2. The van der Waals surface area contributed by atoms with Gasteiger partial charge in [0.15, 0.2) is 0 Å². The second-order valence-corrected chi connectivity index (χ2v) is 3.35. The molecule has 0 aliphatic rings. The maximum atomic E-state index is 11.7. The lowest BCUT2D eigenvalue weighted by Crippen LogP contribution is -2.13. The van der Waals surface area contributed by atoms with Gasteiger partial charge in [-0.1, -0.05) is 5.10 Å². The molecule has 1 aromatic rings. The minimum atomic E-state index is -2.44. The highest BCUT2D eigenvalue weighted by Gasteiger charge is 2.11. The third kappa shape index (κ3) is 5.05. The minimum absolute atomic E-state index is 0.0341. The third-order valence-corrected chi connectivity index (χ3v) is 2.01. The summed E-state index contributed by atoms with van der Waals surface area (Å²) in [5.41, 5.74) is 0. The number of hydrogen-bond donors (Lipinski definition) is 2. The van der Waals surface area contributed by atoms with Gasteiger partial charge < -0.3 is 19.8 Å². The van der Waals surface area contributed by atoms with E-state index in [1.54, 1.807) is 7.05 Å². The summed E-state index contributed by atoms with van der Waals surface area (Å²) >= 11 is 0. The van der Waals surface area contributed by atoms with Gasteiger partial charge in [0.1, 0.15) is 6.61 Å². The van der Waals surface area contributed by atoms with Gasteiger partial charge in [0.05, 0.1) is 12.6 Å². The van der Waals surface area contributed by atoms with Gasteiger partial charge in [-0.05, 0) is 14.0 Å². The lowest BCUT2D eigenvalue weighted by Gasteiger charge is -2.04. The van der Waals surface area contributed by atoms with E-state index in [0.717, 1.165) is 0 Å². The van der Waals surface area contributed by atoms with Crippen molar-refractivity contribution in [2.75, 3.05) is 32.1 Å². The Hall–Kier alpha value is -1.28. The Morgan fingerprint density at radius 2 is 2.18 bits per heavy atom. The summed E-state index contributed by atoms with van der Waals surface area (Å²) in [6, 6.07) is 0.218. The summed E-state index contributed by atoms with van der Waals surface area (Å²) in [6.45, 7) is 1.81. The number of nitrogens with one attached hydrogen (secondary N) is 2. The van der Waals surface area contributed by atoms with Gasteiger partial charge in [-0.15, -0.1) is 5.10 Å². The standard InChI is InChI=1S/C9H16F2N4O2/c1-6(12-2)8-14-15-9(17-8)13-3-4-16-5-7(10)11/h6-7,12H,3-5H2,1-2H3,(H,13,15). The first-order valence-electron chi connectivity index (χ1n) is 5.24. The van der Waals surface area contributed by atoms with Crippen molar-refractivity contribution >= 4 is 6.01 Å². The number of halogens is 2. The summed E-state index contributed by atoms with van der Waals surface area (Å²) < 4.78 is 33.4. The van der Waals surface area contributed by atoms with Crippen molar-refractivity contribution in [3.63, 3.8) is 0 Å². The molecule has 1 heterocycles. The largest absolute Gasteiger partial charge is 0.406 e. The van der Waals surface area contributed by atoms with Crippen LogP contribution in [0.3, 0.4) is 0 Å². The van der Waals surface area contributed by atoms with E-state index in [1.165, 1.54) is 0 Å². The smallest absolute Gasteiger partial charge is 0.315 e. The van der Waals surface area contributed by atoms with Crippen LogP contribution in [0.5, 0.6) is 0 Å². The monoisotopic (exact) mass is 250 g/mol. The molecule has 6 nitrogen and oxygen atoms in total. The average molecular weight is 250 g/mol. The van der Waals surface area contributed by atoms with Crippen molar-refractivity contribution in [1.29, 1.82) is 0 Å². The van der Waals surface area contributed by atoms with Gasteiger partial charge in [0, 0.05) is 6.54 Å². The molecule has 0 saturated carbocycles. The molecule has 0 saturated heterocycles. The number of anilines is 1. The van der Waals surface area contributed by atoms with Crippen LogP contribution >= 0.6 is 0 Å². The maximum absolute atomic E-state index is 11.7. The Morgan fingerprint density at radius 1 is 1.41 bits per heavy atom. The van der Waals surface area contributed by atoms with Crippen LogP contribution in [0.4, 0.5) is 14.8 Å². The number of alkyl halides is 2. The fraction of sp³-hybridized carbons (Fsp3) is 0.778. The van der Waals surface area contributed by atoms with Crippen LogP contribution < -0.4 is 10.6 Å². The van der Waals surface area contributed by atoms with E-state index in [9.17, 15) is 8.78 Å². The van der Waals surface area contributed by atoms with Crippen molar-refractivity contribution in [3.8, 4) is 0 Å². The maximum Gasteiger partial charge on any atom is 0.315 e. The molecule has 98 valence electrons. The summed E-state index contributed by atoms with van der Waals surface area (Å²) in [4.78, 5) is 0. The van der Waals surface area contributed by atoms with Crippen molar-refractivity contribution in [3.05, 3.63) is 5.89 Å². The van der Waals surface area contributed by atoms with Crippen LogP contribution in [0, 0.1) is 0 Å². The molecule has 1 aromatic heterocycles. The Morgan fingerprint density at radius 3 is 2.82 bits per heavy atom. The molecule has 0 fully saturated rings. The Kier molecular flexibility index (Phi) is 5.78. The Balaban J connectivity index is 2.21. The molecule has 0 spiro atoms. The molecule has 0 amide bonds. The zero-order chi connectivity index (χ0) is 12.7. The number of nitrogens with zero attached hydrogens (tertiary/aromatic N) is 2. The predicted octanol–water partition coefficient (Wildman–Crippen LogP) is 1.04. The highest BCUT2D eigenvalue weighted by Crippen LogP contribution is 2.12. The third-order valence-electron chi connectivity index (χ3n) is 2.01. The van der Waals surface area contributed by atoms with Crippen LogP contribution in [-0.2, 0) is 4.74 Å². The van der Waals surface area contributed by atoms with Crippen molar-refractivity contribution in [2.24, 2.45) is 0 Å². The molecule has 1 rings (SSSR count). The highest BCUT2D eigenvalue weighted by atomic mass is 19.3. The molecule has 0 aliphatic heterocycles. The molecule has 0 radical (unpaired) electrons. The van der Waals surface area contributed by atoms with E-state index in [4.69, 9.17) is 4.42 Å². The topological polar surface area (TPSA) is 72.2 Å². The molecule has 0 bridgehead atoms. The first-order chi connectivity index (χ1) is 8.13. The second-order valence-electron chi connectivity index (χ2n) is 3.35. The highest BCUT2D eigenvalue weighted by molar-refractivity contribution is 5.16. The van der Waals surface area contributed by atoms with Gasteiger partial charge in [0.25, 0.3) is 6.43 Å². The van der Waals surface area contributed by atoms with E-state index < -0.39 is 13.0 Å². The lowest BCUT2D eigenvalue weighted by atomic mass is 10.3. The second kappa shape index (κ2) is 7.13. The van der Waals surface area contributed by atoms with Gasteiger partial charge >= 0.3 is 6.01 Å². The molecule has 2 N–H and O–H groups in total. The molecule has 1 unspecified atom stereocenters. The van der Waals surface area contributed by atoms with Gasteiger partial charge in [-0.3, -0.25) is 0 Å². The van der Waals surface area contributed by atoms with Crippen LogP contribution in [0.15, 0.2) is 4.42 Å². The zero-order valence-corrected chi connectivity index (χ0v) is 9.74. The molecule has 8 heteroatoms.